The number of benzene rings is 1. The zero-order chi connectivity index (χ0) is 14.4. The van der Waals surface area contributed by atoms with E-state index >= 15 is 0 Å². The Labute approximate surface area is 114 Å². The molecule has 1 amide bonds. The predicted octanol–water partition coefficient (Wildman–Crippen LogP) is 2.11. The van der Waals surface area contributed by atoms with Gasteiger partial charge in [0.05, 0.1) is 12.3 Å². The summed E-state index contributed by atoms with van der Waals surface area (Å²) in [5.41, 5.74) is 2.08. The summed E-state index contributed by atoms with van der Waals surface area (Å²) in [4.78, 5) is 24.6. The van der Waals surface area contributed by atoms with Gasteiger partial charge in [-0.15, -0.1) is 0 Å². The van der Waals surface area contributed by atoms with Crippen LogP contribution in [0.5, 0.6) is 0 Å². The molecule has 1 rings (SSSR count). The summed E-state index contributed by atoms with van der Waals surface area (Å²) in [7, 11) is 0. The Morgan fingerprint density at radius 2 is 1.95 bits per heavy atom. The minimum absolute atomic E-state index is 0.0232. The molecule has 19 heavy (non-hydrogen) atoms. The van der Waals surface area contributed by atoms with Gasteiger partial charge in [-0.25, -0.2) is 0 Å². The third kappa shape index (κ3) is 4.39. The van der Waals surface area contributed by atoms with E-state index in [0.29, 0.717) is 13.0 Å². The van der Waals surface area contributed by atoms with Crippen LogP contribution in [-0.4, -0.2) is 35.0 Å². The van der Waals surface area contributed by atoms with Gasteiger partial charge in [0.25, 0.3) is 0 Å². The second-order valence-electron chi connectivity index (χ2n) is 4.77. The molecule has 0 fully saturated rings. The normalized spacial score (nSPS) is 11.9. The number of hydrogen-bond donors (Lipinski definition) is 1. The fourth-order valence-electron chi connectivity index (χ4n) is 1.90. The molecular weight excluding hydrogens is 242 g/mol. The van der Waals surface area contributed by atoms with E-state index in [0.717, 1.165) is 11.1 Å². The highest BCUT2D eigenvalue weighted by molar-refractivity contribution is 5.80. The van der Waals surface area contributed by atoms with E-state index in [1.807, 2.05) is 38.1 Å². The second kappa shape index (κ2) is 6.92. The van der Waals surface area contributed by atoms with Gasteiger partial charge in [-0.05, 0) is 25.0 Å². The minimum atomic E-state index is -0.873. The Balaban J connectivity index is 2.69. The Bertz CT molecular complexity index is 456. The molecule has 0 aliphatic heterocycles. The summed E-state index contributed by atoms with van der Waals surface area (Å²) in [6.45, 7) is 6.24. The molecule has 0 spiro atoms. The van der Waals surface area contributed by atoms with Gasteiger partial charge in [0, 0.05) is 13.1 Å². The lowest BCUT2D eigenvalue weighted by Crippen LogP contribution is -2.37. The van der Waals surface area contributed by atoms with Crippen molar-refractivity contribution in [3.63, 3.8) is 0 Å². The summed E-state index contributed by atoms with van der Waals surface area (Å²) in [5, 5.41) is 8.90. The molecule has 0 heterocycles. The maximum atomic E-state index is 12.2. The molecule has 0 aliphatic rings. The third-order valence-electron chi connectivity index (χ3n) is 3.25. The molecule has 0 aliphatic carbocycles. The smallest absolute Gasteiger partial charge is 0.308 e. The second-order valence-corrected chi connectivity index (χ2v) is 4.77. The van der Waals surface area contributed by atoms with Gasteiger partial charge in [-0.3, -0.25) is 9.59 Å². The Morgan fingerprint density at radius 3 is 2.47 bits per heavy atom. The summed E-state index contributed by atoms with van der Waals surface area (Å²) >= 11 is 0. The molecule has 0 saturated carbocycles. The molecule has 0 aromatic heterocycles. The molecule has 1 N–H and O–H groups in total. The molecule has 1 aromatic carbocycles. The predicted molar refractivity (Wildman–Crippen MR) is 73.9 cm³/mol. The van der Waals surface area contributed by atoms with Crippen LogP contribution in [0.2, 0.25) is 0 Å². The lowest BCUT2D eigenvalue weighted by Gasteiger charge is -2.23. The quantitative estimate of drug-likeness (QED) is 0.855. The van der Waals surface area contributed by atoms with Crippen LogP contribution >= 0.6 is 0 Å². The number of rotatable bonds is 6. The summed E-state index contributed by atoms with van der Waals surface area (Å²) < 4.78 is 0. The summed E-state index contributed by atoms with van der Waals surface area (Å²) in [6.07, 6.45) is 0.326. The van der Waals surface area contributed by atoms with Gasteiger partial charge >= 0.3 is 5.97 Å². The first kappa shape index (κ1) is 15.2. The summed E-state index contributed by atoms with van der Waals surface area (Å²) in [6, 6.07) is 7.75. The molecule has 1 aromatic rings. The molecule has 104 valence electrons. The van der Waals surface area contributed by atoms with Crippen LogP contribution in [-0.2, 0) is 16.0 Å². The van der Waals surface area contributed by atoms with Gasteiger partial charge in [0.15, 0.2) is 0 Å². The number of aliphatic carboxylic acids is 1. The molecule has 1 atom stereocenters. The molecule has 0 saturated heterocycles. The van der Waals surface area contributed by atoms with Crippen LogP contribution in [0.15, 0.2) is 24.3 Å². The monoisotopic (exact) mass is 263 g/mol. The van der Waals surface area contributed by atoms with Crippen molar-refractivity contribution in [2.75, 3.05) is 13.1 Å². The average Bonchev–Trinajstić information content (AvgIpc) is 2.38. The fraction of sp³-hybridized carbons (Fsp3) is 0.467. The van der Waals surface area contributed by atoms with Crippen molar-refractivity contribution in [2.24, 2.45) is 5.92 Å². The lowest BCUT2D eigenvalue weighted by atomic mass is 10.0. The maximum Gasteiger partial charge on any atom is 0.308 e. The number of nitrogens with zero attached hydrogens (tertiary/aromatic N) is 1. The highest BCUT2D eigenvalue weighted by Crippen LogP contribution is 2.10. The van der Waals surface area contributed by atoms with E-state index in [1.54, 1.807) is 11.8 Å². The van der Waals surface area contributed by atoms with Crippen molar-refractivity contribution in [3.05, 3.63) is 35.4 Å². The van der Waals surface area contributed by atoms with E-state index in [4.69, 9.17) is 5.11 Å². The van der Waals surface area contributed by atoms with Crippen molar-refractivity contribution in [2.45, 2.75) is 27.2 Å². The number of carbonyl (C=O) groups excluding carboxylic acids is 1. The van der Waals surface area contributed by atoms with Crippen molar-refractivity contribution in [3.8, 4) is 0 Å². The number of carboxylic acids is 1. The number of amides is 1. The number of carbonyl (C=O) groups is 2. The highest BCUT2D eigenvalue weighted by Gasteiger charge is 2.19. The fourth-order valence-corrected chi connectivity index (χ4v) is 1.90. The molecule has 1 unspecified atom stereocenters. The first-order valence-electron chi connectivity index (χ1n) is 6.50. The van der Waals surface area contributed by atoms with E-state index < -0.39 is 11.9 Å². The topological polar surface area (TPSA) is 57.6 Å². The largest absolute Gasteiger partial charge is 0.481 e. The van der Waals surface area contributed by atoms with Crippen molar-refractivity contribution >= 4 is 11.9 Å². The Morgan fingerprint density at radius 1 is 1.32 bits per heavy atom. The Kier molecular flexibility index (Phi) is 5.55. The van der Waals surface area contributed by atoms with Gasteiger partial charge in [0.2, 0.25) is 5.91 Å². The SMILES string of the molecule is CCN(CC(C)C(=O)O)C(=O)Cc1ccccc1C. The zero-order valence-electron chi connectivity index (χ0n) is 11.7. The van der Waals surface area contributed by atoms with E-state index in [2.05, 4.69) is 0 Å². The molecule has 4 nitrogen and oxygen atoms in total. The van der Waals surface area contributed by atoms with E-state index in [9.17, 15) is 9.59 Å². The van der Waals surface area contributed by atoms with E-state index in [1.165, 1.54) is 0 Å². The van der Waals surface area contributed by atoms with Crippen LogP contribution in [0.25, 0.3) is 0 Å². The minimum Gasteiger partial charge on any atom is -0.481 e. The first-order chi connectivity index (χ1) is 8.95. The maximum absolute atomic E-state index is 12.2. The van der Waals surface area contributed by atoms with Crippen LogP contribution < -0.4 is 0 Å². The van der Waals surface area contributed by atoms with Gasteiger partial charge in [-0.2, -0.15) is 0 Å². The number of hydrogen-bond acceptors (Lipinski definition) is 2. The lowest BCUT2D eigenvalue weighted by molar-refractivity contribution is -0.142. The first-order valence-corrected chi connectivity index (χ1v) is 6.50. The standard InChI is InChI=1S/C15H21NO3/c1-4-16(10-12(3)15(18)19)14(17)9-13-8-6-5-7-11(13)2/h5-8,12H,4,9-10H2,1-3H3,(H,18,19). The summed E-state index contributed by atoms with van der Waals surface area (Å²) in [5.74, 6) is -1.44. The number of likely N-dealkylation sites (N-methyl/N-ethyl adjacent to an activating group) is 1. The molecule has 4 heteroatoms. The van der Waals surface area contributed by atoms with Gasteiger partial charge in [0.1, 0.15) is 0 Å². The third-order valence-corrected chi connectivity index (χ3v) is 3.25. The highest BCUT2D eigenvalue weighted by atomic mass is 16.4. The average molecular weight is 263 g/mol. The van der Waals surface area contributed by atoms with Crippen molar-refractivity contribution < 1.29 is 14.7 Å². The Hall–Kier alpha value is -1.84. The van der Waals surface area contributed by atoms with Crippen molar-refractivity contribution in [1.29, 1.82) is 0 Å². The van der Waals surface area contributed by atoms with Crippen LogP contribution in [0.3, 0.4) is 0 Å². The number of carboxylic acid groups (broad SMARTS) is 1. The number of aryl methyl sites for hydroxylation is 1. The van der Waals surface area contributed by atoms with E-state index in [-0.39, 0.29) is 12.5 Å². The molecule has 0 radical (unpaired) electrons. The zero-order valence-corrected chi connectivity index (χ0v) is 11.7. The van der Waals surface area contributed by atoms with Gasteiger partial charge in [-0.1, -0.05) is 31.2 Å². The van der Waals surface area contributed by atoms with Crippen LogP contribution in [0.4, 0.5) is 0 Å². The van der Waals surface area contributed by atoms with Gasteiger partial charge < -0.3 is 10.0 Å². The molecular formula is C15H21NO3. The van der Waals surface area contributed by atoms with Crippen LogP contribution in [0, 0.1) is 12.8 Å². The van der Waals surface area contributed by atoms with Crippen molar-refractivity contribution in [1.82, 2.24) is 4.90 Å². The van der Waals surface area contributed by atoms with Crippen LogP contribution in [0.1, 0.15) is 25.0 Å². The molecule has 0 bridgehead atoms.